The van der Waals surface area contributed by atoms with Gasteiger partial charge in [-0.2, -0.15) is 0 Å². The van der Waals surface area contributed by atoms with Gasteiger partial charge in [0, 0.05) is 0 Å². The van der Waals surface area contributed by atoms with Gasteiger partial charge in [0.15, 0.2) is 0 Å². The number of hydrogen-bond donors (Lipinski definition) is 4. The zero-order valence-corrected chi connectivity index (χ0v) is 5.55. The summed E-state index contributed by atoms with van der Waals surface area (Å²) in [5, 5.41) is 0. The second-order valence-electron chi connectivity index (χ2n) is 0.919. The Hall–Kier alpha value is -0.490. The van der Waals surface area contributed by atoms with Crippen LogP contribution in [0.3, 0.4) is 0 Å². The van der Waals surface area contributed by atoms with E-state index in [2.05, 4.69) is 36.0 Å². The van der Waals surface area contributed by atoms with Crippen molar-refractivity contribution in [1.82, 2.24) is 10.9 Å². The van der Waals surface area contributed by atoms with Gasteiger partial charge in [0.2, 0.25) is 0 Å². The van der Waals surface area contributed by atoms with E-state index >= 15 is 0 Å². The van der Waals surface area contributed by atoms with Gasteiger partial charge < -0.3 is 5.73 Å². The first kappa shape index (κ1) is 7.51. The van der Waals surface area contributed by atoms with Crippen molar-refractivity contribution in [3.8, 4) is 0 Å². The maximum absolute atomic E-state index is 9.86. The van der Waals surface area contributed by atoms with Crippen molar-refractivity contribution in [2.75, 3.05) is 0 Å². The molecule has 2 amide bonds. The van der Waals surface area contributed by atoms with Gasteiger partial charge in [0.05, 0.1) is 0 Å². The molecule has 4 nitrogen and oxygen atoms in total. The van der Waals surface area contributed by atoms with Gasteiger partial charge in [-0.05, 0) is 0 Å². The Bertz CT molecular complexity index is 99.9. The molecule has 0 aliphatic carbocycles. The number of urea groups is 1. The minimum atomic E-state index is -0.693. The van der Waals surface area contributed by atoms with E-state index in [9.17, 15) is 4.79 Å². The van der Waals surface area contributed by atoms with Crippen molar-refractivity contribution in [1.29, 1.82) is 0 Å². The van der Waals surface area contributed by atoms with Crippen molar-refractivity contribution in [3.05, 3.63) is 0 Å². The summed E-state index contributed by atoms with van der Waals surface area (Å²) < 4.78 is 0.170. The van der Waals surface area contributed by atoms with E-state index in [4.69, 9.17) is 0 Å². The quantitative estimate of drug-likeness (QED) is 0.212. The highest BCUT2D eigenvalue weighted by molar-refractivity contribution is 8.11. The molecule has 8 heavy (non-hydrogen) atoms. The number of thiocarbonyl (C=S) groups is 1. The monoisotopic (exact) mass is 151 g/mol. The average molecular weight is 151 g/mol. The van der Waals surface area contributed by atoms with Crippen molar-refractivity contribution in [3.63, 3.8) is 0 Å². The first-order valence-electron chi connectivity index (χ1n) is 1.67. The maximum atomic E-state index is 9.86. The summed E-state index contributed by atoms with van der Waals surface area (Å²) in [6.45, 7) is 0. The summed E-state index contributed by atoms with van der Waals surface area (Å²) in [5.74, 6) is 0. The molecule has 0 aromatic carbocycles. The van der Waals surface area contributed by atoms with Crippen LogP contribution in [0.4, 0.5) is 4.79 Å². The van der Waals surface area contributed by atoms with E-state index < -0.39 is 6.03 Å². The van der Waals surface area contributed by atoms with Crippen LogP contribution in [0.5, 0.6) is 0 Å². The Morgan fingerprint density at radius 2 is 2.12 bits per heavy atom. The van der Waals surface area contributed by atoms with Crippen LogP contribution < -0.4 is 16.6 Å². The van der Waals surface area contributed by atoms with Gasteiger partial charge in [0.25, 0.3) is 0 Å². The molecule has 0 bridgehead atoms. The van der Waals surface area contributed by atoms with Crippen LogP contribution in [0, 0.1) is 0 Å². The fourth-order valence-electron chi connectivity index (χ4n) is 0.115. The van der Waals surface area contributed by atoms with E-state index in [0.717, 1.165) is 0 Å². The molecule has 0 atom stereocenters. The third-order valence-corrected chi connectivity index (χ3v) is 0.506. The Morgan fingerprint density at radius 3 is 2.25 bits per heavy atom. The number of hydrogen-bond acceptors (Lipinski definition) is 2. The molecule has 0 heterocycles. The Balaban J connectivity index is 3.18. The van der Waals surface area contributed by atoms with E-state index in [-0.39, 0.29) is 4.32 Å². The van der Waals surface area contributed by atoms with E-state index in [0.29, 0.717) is 0 Å². The lowest BCUT2D eigenvalue weighted by atomic mass is 11.1. The van der Waals surface area contributed by atoms with Crippen LogP contribution in [0.25, 0.3) is 0 Å². The lowest BCUT2D eigenvalue weighted by Crippen LogP contribution is -2.42. The first-order valence-corrected chi connectivity index (χ1v) is 2.53. The van der Waals surface area contributed by atoms with Crippen molar-refractivity contribution >= 4 is 35.2 Å². The molecule has 0 aliphatic rings. The Kier molecular flexibility index (Phi) is 3.29. The molecule has 0 aromatic rings. The van der Waals surface area contributed by atoms with Gasteiger partial charge in [-0.1, -0.05) is 12.2 Å². The number of carbonyl (C=O) groups excluding carboxylic acids is 1. The molecule has 0 spiro atoms. The minimum Gasteiger partial charge on any atom is -0.350 e. The maximum Gasteiger partial charge on any atom is 0.330 e. The van der Waals surface area contributed by atoms with Gasteiger partial charge in [-0.3, -0.25) is 10.9 Å². The number of thiol groups is 1. The molecule has 0 fully saturated rings. The fourth-order valence-corrected chi connectivity index (χ4v) is 0.222. The van der Waals surface area contributed by atoms with Gasteiger partial charge >= 0.3 is 6.03 Å². The van der Waals surface area contributed by atoms with Crippen LogP contribution in [0.15, 0.2) is 0 Å². The molecule has 0 saturated heterocycles. The molecule has 0 unspecified atom stereocenters. The van der Waals surface area contributed by atoms with Gasteiger partial charge in [-0.25, -0.2) is 4.79 Å². The second-order valence-corrected chi connectivity index (χ2v) is 2.08. The smallest absolute Gasteiger partial charge is 0.330 e. The summed E-state index contributed by atoms with van der Waals surface area (Å²) in [4.78, 5) is 9.86. The molecular weight excluding hydrogens is 146 g/mol. The van der Waals surface area contributed by atoms with E-state index in [1.807, 2.05) is 5.43 Å². The average Bonchev–Trinajstić information content (AvgIpc) is 1.61. The zero-order chi connectivity index (χ0) is 6.57. The van der Waals surface area contributed by atoms with Gasteiger partial charge in [-0.15, -0.1) is 12.6 Å². The molecule has 0 radical (unpaired) electrons. The summed E-state index contributed by atoms with van der Waals surface area (Å²) in [6, 6.07) is -0.693. The zero-order valence-electron chi connectivity index (χ0n) is 3.84. The highest BCUT2D eigenvalue weighted by Gasteiger charge is 1.86. The molecule has 0 rings (SSSR count). The number of hydrazine groups is 1. The molecule has 4 N–H and O–H groups in total. The number of amides is 2. The predicted octanol–water partition coefficient (Wildman–Crippen LogP) is -0.626. The van der Waals surface area contributed by atoms with Crippen LogP contribution in [-0.4, -0.2) is 10.4 Å². The van der Waals surface area contributed by atoms with E-state index in [1.54, 1.807) is 0 Å². The normalized spacial score (nSPS) is 7.62. The van der Waals surface area contributed by atoms with Crippen LogP contribution in [0.2, 0.25) is 0 Å². The highest BCUT2D eigenvalue weighted by atomic mass is 32.1. The van der Waals surface area contributed by atoms with Crippen LogP contribution in [0.1, 0.15) is 0 Å². The number of nitrogens with two attached hydrogens (primary N) is 1. The van der Waals surface area contributed by atoms with Crippen molar-refractivity contribution in [2.24, 2.45) is 5.73 Å². The summed E-state index contributed by atoms with van der Waals surface area (Å²) in [6.07, 6.45) is 0. The largest absolute Gasteiger partial charge is 0.350 e. The SMILES string of the molecule is NC(=O)NNC(=S)S. The number of carbonyl (C=O) groups is 1. The second kappa shape index (κ2) is 3.50. The van der Waals surface area contributed by atoms with Crippen molar-refractivity contribution in [2.45, 2.75) is 0 Å². The number of rotatable bonds is 0. The topological polar surface area (TPSA) is 67.2 Å². The van der Waals surface area contributed by atoms with Gasteiger partial charge in [0.1, 0.15) is 4.32 Å². The lowest BCUT2D eigenvalue weighted by Gasteiger charge is -1.99. The van der Waals surface area contributed by atoms with Crippen LogP contribution in [-0.2, 0) is 0 Å². The van der Waals surface area contributed by atoms with E-state index in [1.165, 1.54) is 0 Å². The molecule has 0 aliphatic heterocycles. The predicted molar refractivity (Wildman–Crippen MR) is 37.4 cm³/mol. The van der Waals surface area contributed by atoms with Crippen LogP contribution >= 0.6 is 24.8 Å². The summed E-state index contributed by atoms with van der Waals surface area (Å²) in [5.41, 5.74) is 8.87. The molecular formula is C2H5N3OS2. The third-order valence-electron chi connectivity index (χ3n) is 0.293. The fraction of sp³-hybridized carbons (Fsp3) is 0. The first-order chi connectivity index (χ1) is 3.63. The molecule has 6 heteroatoms. The number of nitrogens with one attached hydrogen (secondary N) is 2. The lowest BCUT2D eigenvalue weighted by molar-refractivity contribution is 0.247. The Morgan fingerprint density at radius 1 is 1.62 bits per heavy atom. The molecule has 0 saturated carbocycles. The van der Waals surface area contributed by atoms with Crippen molar-refractivity contribution < 1.29 is 4.79 Å². The molecule has 0 aromatic heterocycles. The standard InChI is InChI=1S/C2H5N3OS2/c3-1(6)4-5-2(7)8/h(H3,3,4,6)(H2,5,7,8). The summed E-state index contributed by atoms with van der Waals surface area (Å²) >= 11 is 8.02. The Labute approximate surface area is 57.2 Å². The highest BCUT2D eigenvalue weighted by Crippen LogP contribution is 1.71. The summed E-state index contributed by atoms with van der Waals surface area (Å²) in [7, 11) is 0. The number of primary amides is 1. The minimum absolute atomic E-state index is 0.170. The molecule has 46 valence electrons. The third kappa shape index (κ3) is 5.51.